The van der Waals surface area contributed by atoms with Crippen molar-refractivity contribution in [3.05, 3.63) is 34.3 Å². The summed E-state index contributed by atoms with van der Waals surface area (Å²) >= 11 is 3.48. The first-order valence-corrected chi connectivity index (χ1v) is 7.74. The molecule has 1 saturated heterocycles. The molecule has 0 aromatic heterocycles. The van der Waals surface area contributed by atoms with Gasteiger partial charge in [-0.2, -0.15) is 0 Å². The van der Waals surface area contributed by atoms with Crippen LogP contribution in [0.1, 0.15) is 24.9 Å². The largest absolute Gasteiger partial charge is 0.379 e. The van der Waals surface area contributed by atoms with E-state index < -0.39 is 0 Å². The fourth-order valence-corrected chi connectivity index (χ4v) is 2.83. The number of rotatable bonds is 5. The van der Waals surface area contributed by atoms with Gasteiger partial charge in [0, 0.05) is 29.6 Å². The molecule has 1 aromatic carbocycles. The Kier molecular flexibility index (Phi) is 5.82. The first-order valence-electron chi connectivity index (χ1n) is 6.95. The average molecular weight is 327 g/mol. The summed E-state index contributed by atoms with van der Waals surface area (Å²) in [5.41, 5.74) is 1.35. The molecule has 1 aliphatic rings. The Morgan fingerprint density at radius 1 is 1.42 bits per heavy atom. The zero-order valence-corrected chi connectivity index (χ0v) is 13.3. The van der Waals surface area contributed by atoms with Gasteiger partial charge in [-0.25, -0.2) is 0 Å². The van der Waals surface area contributed by atoms with Gasteiger partial charge in [0.15, 0.2) is 0 Å². The molecule has 0 radical (unpaired) electrons. The van der Waals surface area contributed by atoms with Crippen molar-refractivity contribution in [3.8, 4) is 0 Å². The minimum atomic E-state index is 0.420. The van der Waals surface area contributed by atoms with Crippen LogP contribution in [-0.2, 0) is 4.74 Å². The Morgan fingerprint density at radius 3 is 2.79 bits per heavy atom. The molecule has 1 aliphatic heterocycles. The van der Waals surface area contributed by atoms with Crippen molar-refractivity contribution < 1.29 is 4.74 Å². The maximum atomic E-state index is 5.48. The van der Waals surface area contributed by atoms with Crippen LogP contribution in [-0.4, -0.2) is 44.3 Å². The van der Waals surface area contributed by atoms with E-state index in [0.717, 1.165) is 37.2 Å². The summed E-state index contributed by atoms with van der Waals surface area (Å²) in [6, 6.07) is 9.55. The van der Waals surface area contributed by atoms with E-state index in [1.807, 2.05) is 7.05 Å². The summed E-state index contributed by atoms with van der Waals surface area (Å²) in [4.78, 5) is 2.52. The first-order chi connectivity index (χ1) is 9.20. The van der Waals surface area contributed by atoms with Crippen LogP contribution in [0.25, 0.3) is 0 Å². The molecule has 0 amide bonds. The second-order valence-corrected chi connectivity index (χ2v) is 6.06. The molecule has 1 fully saturated rings. The van der Waals surface area contributed by atoms with Gasteiger partial charge in [0.05, 0.1) is 13.2 Å². The Bertz CT molecular complexity index is 382. The molecule has 1 aromatic rings. The molecule has 3 nitrogen and oxygen atoms in total. The summed E-state index contributed by atoms with van der Waals surface area (Å²) in [6.45, 7) is 6.15. The highest BCUT2D eigenvalue weighted by Crippen LogP contribution is 2.20. The van der Waals surface area contributed by atoms with E-state index in [2.05, 4.69) is 57.3 Å². The fourth-order valence-electron chi connectivity index (χ4n) is 2.56. The second-order valence-electron chi connectivity index (χ2n) is 5.14. The van der Waals surface area contributed by atoms with Crippen molar-refractivity contribution in [1.82, 2.24) is 10.2 Å². The van der Waals surface area contributed by atoms with Crippen LogP contribution in [0.15, 0.2) is 28.7 Å². The Balaban J connectivity index is 1.90. The average Bonchev–Trinajstić information content (AvgIpc) is 2.43. The van der Waals surface area contributed by atoms with Gasteiger partial charge >= 0.3 is 0 Å². The van der Waals surface area contributed by atoms with Gasteiger partial charge in [-0.05, 0) is 38.1 Å². The Labute approximate surface area is 124 Å². The minimum absolute atomic E-state index is 0.420. The molecule has 19 heavy (non-hydrogen) atoms. The van der Waals surface area contributed by atoms with Crippen LogP contribution in [0.3, 0.4) is 0 Å². The van der Waals surface area contributed by atoms with Crippen LogP contribution in [0.2, 0.25) is 0 Å². The third kappa shape index (κ3) is 4.28. The molecule has 0 saturated carbocycles. The summed E-state index contributed by atoms with van der Waals surface area (Å²) in [5, 5.41) is 3.42. The van der Waals surface area contributed by atoms with Crippen molar-refractivity contribution >= 4 is 15.9 Å². The number of ether oxygens (including phenoxy) is 1. The van der Waals surface area contributed by atoms with Gasteiger partial charge in [0.1, 0.15) is 0 Å². The molecule has 2 atom stereocenters. The molecular formula is C15H23BrN2O. The number of benzene rings is 1. The van der Waals surface area contributed by atoms with E-state index in [4.69, 9.17) is 4.74 Å². The van der Waals surface area contributed by atoms with Gasteiger partial charge < -0.3 is 10.1 Å². The number of hydrogen-bond donors (Lipinski definition) is 1. The summed E-state index contributed by atoms with van der Waals surface area (Å²) in [6.07, 6.45) is 1.13. The molecule has 2 rings (SSSR count). The zero-order valence-electron chi connectivity index (χ0n) is 11.7. The topological polar surface area (TPSA) is 24.5 Å². The fraction of sp³-hybridized carbons (Fsp3) is 0.600. The SMILES string of the molecule is CNC(CCN1CCOCC1C)c1ccc(Br)cc1. The van der Waals surface area contributed by atoms with Crippen molar-refractivity contribution in [1.29, 1.82) is 0 Å². The number of morpholine rings is 1. The summed E-state index contributed by atoms with van der Waals surface area (Å²) in [5.74, 6) is 0. The molecule has 0 bridgehead atoms. The molecule has 1 heterocycles. The van der Waals surface area contributed by atoms with E-state index in [1.54, 1.807) is 0 Å². The second kappa shape index (κ2) is 7.39. The maximum Gasteiger partial charge on any atom is 0.0619 e. The lowest BCUT2D eigenvalue weighted by Gasteiger charge is -2.34. The third-order valence-electron chi connectivity index (χ3n) is 3.83. The highest BCUT2D eigenvalue weighted by Gasteiger charge is 2.19. The van der Waals surface area contributed by atoms with E-state index in [9.17, 15) is 0 Å². The number of hydrogen-bond acceptors (Lipinski definition) is 3. The number of nitrogens with zero attached hydrogens (tertiary/aromatic N) is 1. The zero-order chi connectivity index (χ0) is 13.7. The normalized spacial score (nSPS) is 22.4. The van der Waals surface area contributed by atoms with E-state index in [0.29, 0.717) is 12.1 Å². The molecule has 1 N–H and O–H groups in total. The summed E-state index contributed by atoms with van der Waals surface area (Å²) in [7, 11) is 2.04. The van der Waals surface area contributed by atoms with Gasteiger partial charge in [0.25, 0.3) is 0 Å². The quantitative estimate of drug-likeness (QED) is 0.900. The molecule has 0 spiro atoms. The lowest BCUT2D eigenvalue weighted by molar-refractivity contribution is -0.00174. The van der Waals surface area contributed by atoms with Crippen molar-refractivity contribution in [2.45, 2.75) is 25.4 Å². The van der Waals surface area contributed by atoms with Gasteiger partial charge in [-0.1, -0.05) is 28.1 Å². The predicted molar refractivity (Wildman–Crippen MR) is 82.4 cm³/mol. The molecular weight excluding hydrogens is 304 g/mol. The van der Waals surface area contributed by atoms with E-state index >= 15 is 0 Å². The van der Waals surface area contributed by atoms with Gasteiger partial charge in [-0.15, -0.1) is 0 Å². The number of halogens is 1. The van der Waals surface area contributed by atoms with Crippen LogP contribution in [0.5, 0.6) is 0 Å². The minimum Gasteiger partial charge on any atom is -0.379 e. The van der Waals surface area contributed by atoms with E-state index in [-0.39, 0.29) is 0 Å². The highest BCUT2D eigenvalue weighted by atomic mass is 79.9. The third-order valence-corrected chi connectivity index (χ3v) is 4.36. The van der Waals surface area contributed by atoms with Crippen molar-refractivity contribution in [2.75, 3.05) is 33.4 Å². The van der Waals surface area contributed by atoms with Crippen LogP contribution >= 0.6 is 15.9 Å². The van der Waals surface area contributed by atoms with E-state index in [1.165, 1.54) is 5.56 Å². The maximum absolute atomic E-state index is 5.48. The summed E-state index contributed by atoms with van der Waals surface area (Å²) < 4.78 is 6.61. The highest BCUT2D eigenvalue weighted by molar-refractivity contribution is 9.10. The van der Waals surface area contributed by atoms with Gasteiger partial charge in [0.2, 0.25) is 0 Å². The smallest absolute Gasteiger partial charge is 0.0619 e. The molecule has 4 heteroatoms. The van der Waals surface area contributed by atoms with Crippen LogP contribution in [0, 0.1) is 0 Å². The Morgan fingerprint density at radius 2 is 2.16 bits per heavy atom. The van der Waals surface area contributed by atoms with Crippen LogP contribution < -0.4 is 5.32 Å². The predicted octanol–water partition coefficient (Wildman–Crippen LogP) is 2.82. The Hall–Kier alpha value is -0.420. The van der Waals surface area contributed by atoms with Gasteiger partial charge in [-0.3, -0.25) is 4.90 Å². The van der Waals surface area contributed by atoms with Crippen molar-refractivity contribution in [3.63, 3.8) is 0 Å². The lowest BCUT2D eigenvalue weighted by Crippen LogP contribution is -2.44. The number of nitrogens with one attached hydrogen (secondary N) is 1. The monoisotopic (exact) mass is 326 g/mol. The lowest BCUT2D eigenvalue weighted by atomic mass is 10.0. The van der Waals surface area contributed by atoms with Crippen LogP contribution in [0.4, 0.5) is 0 Å². The van der Waals surface area contributed by atoms with Crippen molar-refractivity contribution in [2.24, 2.45) is 0 Å². The standard InChI is InChI=1S/C15H23BrN2O/c1-12-11-19-10-9-18(12)8-7-15(17-2)13-3-5-14(16)6-4-13/h3-6,12,15,17H,7-11H2,1-2H3. The molecule has 0 aliphatic carbocycles. The molecule has 106 valence electrons. The molecule has 2 unspecified atom stereocenters. The first kappa shape index (κ1) is 15.0.